The van der Waals surface area contributed by atoms with Gasteiger partial charge in [-0.3, -0.25) is 4.21 Å². The van der Waals surface area contributed by atoms with Crippen LogP contribution in [0, 0.1) is 0 Å². The minimum Gasteiger partial charge on any atom is -0.377 e. The summed E-state index contributed by atoms with van der Waals surface area (Å²) in [6.07, 6.45) is 3.38. The lowest BCUT2D eigenvalue weighted by Gasteiger charge is -2.35. The highest BCUT2D eigenvalue weighted by atomic mass is 32.2. The number of nitrogens with two attached hydrogens (primary N) is 1. The second-order valence-corrected chi connectivity index (χ2v) is 9.57. The van der Waals surface area contributed by atoms with Crippen LogP contribution in [0.4, 0.5) is 10.9 Å². The molecule has 1 aliphatic rings. The van der Waals surface area contributed by atoms with Gasteiger partial charge in [0.15, 0.2) is 11.0 Å². The summed E-state index contributed by atoms with van der Waals surface area (Å²) >= 11 is 1.35. The van der Waals surface area contributed by atoms with E-state index in [-0.39, 0.29) is 6.04 Å². The maximum Gasteiger partial charge on any atom is 0.180 e. The molecule has 0 spiro atoms. The van der Waals surface area contributed by atoms with Crippen molar-refractivity contribution in [2.24, 2.45) is 0 Å². The van der Waals surface area contributed by atoms with E-state index < -0.39 is 15.5 Å². The summed E-state index contributed by atoms with van der Waals surface area (Å²) in [5.41, 5.74) is 6.52. The predicted molar refractivity (Wildman–Crippen MR) is 102 cm³/mol. The smallest absolute Gasteiger partial charge is 0.180 e. The van der Waals surface area contributed by atoms with Gasteiger partial charge in [0, 0.05) is 29.7 Å². The zero-order chi connectivity index (χ0) is 18.2. The Balaban J connectivity index is 2.12. The highest BCUT2D eigenvalue weighted by molar-refractivity contribution is 7.85. The van der Waals surface area contributed by atoms with Gasteiger partial charge in [0.25, 0.3) is 0 Å². The molecule has 2 aromatic heterocycles. The van der Waals surface area contributed by atoms with Crippen molar-refractivity contribution in [1.29, 1.82) is 0 Å². The van der Waals surface area contributed by atoms with Crippen molar-refractivity contribution in [3.05, 3.63) is 18.0 Å². The first-order valence-corrected chi connectivity index (χ1v) is 10.5. The van der Waals surface area contributed by atoms with Gasteiger partial charge in [-0.1, -0.05) is 11.3 Å². The molecule has 9 heteroatoms. The van der Waals surface area contributed by atoms with Crippen LogP contribution in [0.1, 0.15) is 26.5 Å². The van der Waals surface area contributed by atoms with E-state index in [1.165, 1.54) is 11.3 Å². The van der Waals surface area contributed by atoms with Crippen LogP contribution in [0.3, 0.4) is 0 Å². The van der Waals surface area contributed by atoms with Crippen LogP contribution in [0.25, 0.3) is 10.7 Å². The second kappa shape index (κ2) is 6.97. The van der Waals surface area contributed by atoms with E-state index in [0.29, 0.717) is 24.2 Å². The number of hydrogen-bond acceptors (Lipinski definition) is 8. The van der Waals surface area contributed by atoms with Gasteiger partial charge in [-0.2, -0.15) is 0 Å². The fourth-order valence-corrected chi connectivity index (χ4v) is 3.62. The fourth-order valence-electron chi connectivity index (χ4n) is 2.61. The molecule has 0 radical (unpaired) electrons. The van der Waals surface area contributed by atoms with Gasteiger partial charge >= 0.3 is 0 Å². The van der Waals surface area contributed by atoms with Crippen molar-refractivity contribution < 1.29 is 8.95 Å². The molecule has 1 aliphatic heterocycles. The van der Waals surface area contributed by atoms with Crippen LogP contribution in [0.2, 0.25) is 0 Å². The standard InChI is InChI=1S/C16H23N5O2S2/c1-10-9-23-6-5-21(10)13-7-12(16(2,3)25(4)22)19-14(20-13)11-8-18-15(17)24-11/h7-8,10H,5-6,9H2,1-4H3,(H2,17,18)/t10-,25?/m0/s1. The van der Waals surface area contributed by atoms with Crippen LogP contribution in [0.5, 0.6) is 0 Å². The Bertz CT molecular complexity index is 793. The molecule has 25 heavy (non-hydrogen) atoms. The van der Waals surface area contributed by atoms with Crippen LogP contribution < -0.4 is 10.6 Å². The number of nitrogen functional groups attached to an aromatic ring is 1. The molecule has 0 bridgehead atoms. The molecule has 2 N–H and O–H groups in total. The molecule has 1 unspecified atom stereocenters. The maximum absolute atomic E-state index is 12.3. The number of nitrogens with zero attached hydrogens (tertiary/aromatic N) is 4. The Morgan fingerprint density at radius 3 is 2.80 bits per heavy atom. The first kappa shape index (κ1) is 18.2. The van der Waals surface area contributed by atoms with Crippen LogP contribution in [0.15, 0.2) is 12.3 Å². The summed E-state index contributed by atoms with van der Waals surface area (Å²) in [4.78, 5) is 16.5. The number of hydrogen-bond donors (Lipinski definition) is 1. The quantitative estimate of drug-likeness (QED) is 0.866. The van der Waals surface area contributed by atoms with E-state index in [1.54, 1.807) is 12.5 Å². The topological polar surface area (TPSA) is 94.2 Å². The summed E-state index contributed by atoms with van der Waals surface area (Å²) in [6, 6.07) is 2.16. The van der Waals surface area contributed by atoms with Crippen LogP contribution in [-0.2, 0) is 20.3 Å². The Kier molecular flexibility index (Phi) is 5.08. The first-order valence-electron chi connectivity index (χ1n) is 8.08. The summed E-state index contributed by atoms with van der Waals surface area (Å²) in [5, 5.41) is 0.476. The highest BCUT2D eigenvalue weighted by Gasteiger charge is 2.30. The van der Waals surface area contributed by atoms with Crippen molar-refractivity contribution in [2.75, 3.05) is 36.6 Å². The van der Waals surface area contributed by atoms with Crippen molar-refractivity contribution in [3.8, 4) is 10.7 Å². The molecule has 7 nitrogen and oxygen atoms in total. The zero-order valence-corrected chi connectivity index (χ0v) is 16.5. The van der Waals surface area contributed by atoms with Gasteiger partial charge in [-0.25, -0.2) is 15.0 Å². The summed E-state index contributed by atoms with van der Waals surface area (Å²) in [5.74, 6) is 1.39. The van der Waals surface area contributed by atoms with Gasteiger partial charge in [0.1, 0.15) is 5.82 Å². The number of thiazole rings is 1. The van der Waals surface area contributed by atoms with Gasteiger partial charge in [-0.05, 0) is 20.8 Å². The van der Waals surface area contributed by atoms with Crippen LogP contribution in [-0.4, -0.2) is 51.2 Å². The molecular formula is C16H23N5O2S2. The Morgan fingerprint density at radius 1 is 1.44 bits per heavy atom. The Hall–Kier alpha value is -1.58. The fraction of sp³-hybridized carbons (Fsp3) is 0.562. The molecule has 2 aromatic rings. The predicted octanol–water partition coefficient (Wildman–Crippen LogP) is 2.02. The largest absolute Gasteiger partial charge is 0.377 e. The maximum atomic E-state index is 12.3. The zero-order valence-electron chi connectivity index (χ0n) is 14.9. The van der Waals surface area contributed by atoms with E-state index >= 15 is 0 Å². The lowest BCUT2D eigenvalue weighted by Crippen LogP contribution is -2.44. The van der Waals surface area contributed by atoms with Gasteiger partial charge in [0.05, 0.1) is 40.8 Å². The molecule has 0 aliphatic carbocycles. The minimum atomic E-state index is -1.08. The average molecular weight is 382 g/mol. The molecule has 136 valence electrons. The third kappa shape index (κ3) is 3.68. The second-order valence-electron chi connectivity index (χ2n) is 6.58. The third-order valence-corrected chi connectivity index (χ3v) is 6.92. The molecule has 0 aromatic carbocycles. The number of morpholine rings is 1. The Morgan fingerprint density at radius 2 is 2.20 bits per heavy atom. The molecule has 3 heterocycles. The van der Waals surface area contributed by atoms with Gasteiger partial charge < -0.3 is 15.4 Å². The van der Waals surface area contributed by atoms with Crippen molar-refractivity contribution in [2.45, 2.75) is 31.6 Å². The summed E-state index contributed by atoms with van der Waals surface area (Å²) < 4.78 is 17.2. The SMILES string of the molecule is C[C@H]1COCCN1c1cc(C(C)(C)S(C)=O)nc(-c2cnc(N)s2)n1. The lowest BCUT2D eigenvalue weighted by molar-refractivity contribution is 0.0985. The molecule has 2 atom stereocenters. The van der Waals surface area contributed by atoms with Gasteiger partial charge in [0.2, 0.25) is 0 Å². The third-order valence-electron chi connectivity index (χ3n) is 4.45. The highest BCUT2D eigenvalue weighted by Crippen LogP contribution is 2.32. The average Bonchev–Trinajstić information content (AvgIpc) is 3.01. The number of aromatic nitrogens is 3. The van der Waals surface area contributed by atoms with E-state index in [9.17, 15) is 4.21 Å². The monoisotopic (exact) mass is 381 g/mol. The Labute approximate surface area is 154 Å². The summed E-state index contributed by atoms with van der Waals surface area (Å²) in [6.45, 7) is 8.05. The van der Waals surface area contributed by atoms with E-state index in [4.69, 9.17) is 15.5 Å². The van der Waals surface area contributed by atoms with E-state index in [1.807, 2.05) is 19.9 Å². The van der Waals surface area contributed by atoms with Gasteiger partial charge in [-0.15, -0.1) is 0 Å². The van der Waals surface area contributed by atoms with Crippen molar-refractivity contribution in [3.63, 3.8) is 0 Å². The number of ether oxygens (including phenoxy) is 1. The molecule has 3 rings (SSSR count). The number of rotatable bonds is 4. The van der Waals surface area contributed by atoms with Crippen molar-refractivity contribution >= 4 is 33.1 Å². The number of anilines is 2. The molecular weight excluding hydrogens is 358 g/mol. The van der Waals surface area contributed by atoms with Crippen LogP contribution >= 0.6 is 11.3 Å². The molecule has 1 saturated heterocycles. The summed E-state index contributed by atoms with van der Waals surface area (Å²) in [7, 11) is -1.08. The lowest BCUT2D eigenvalue weighted by atomic mass is 10.1. The van der Waals surface area contributed by atoms with Crippen molar-refractivity contribution in [1.82, 2.24) is 15.0 Å². The van der Waals surface area contributed by atoms with E-state index in [0.717, 1.165) is 22.9 Å². The molecule has 0 saturated carbocycles. The van der Waals surface area contributed by atoms with E-state index in [2.05, 4.69) is 21.8 Å². The normalized spacial score (nSPS) is 19.8. The first-order chi connectivity index (χ1) is 11.8. The molecule has 1 fully saturated rings. The molecule has 0 amide bonds. The minimum absolute atomic E-state index is 0.214.